The highest BCUT2D eigenvalue weighted by Crippen LogP contribution is 2.21. The molecule has 2 unspecified atom stereocenters. The van der Waals surface area contributed by atoms with Gasteiger partial charge in [-0.15, -0.1) is 0 Å². The van der Waals surface area contributed by atoms with Gasteiger partial charge in [-0.2, -0.15) is 0 Å². The molecule has 0 heterocycles. The van der Waals surface area contributed by atoms with Crippen molar-refractivity contribution in [3.8, 4) is 0 Å². The molecule has 2 heteroatoms. The maximum Gasteiger partial charge on any atom is 0.0246 e. The molecule has 1 aliphatic carbocycles. The third kappa shape index (κ3) is 4.42. The maximum absolute atomic E-state index is 3.70. The van der Waals surface area contributed by atoms with E-state index in [0.717, 1.165) is 18.6 Å². The first-order chi connectivity index (χ1) is 7.79. The molecule has 0 saturated heterocycles. The number of nitrogens with one attached hydrogen (secondary N) is 1. The summed E-state index contributed by atoms with van der Waals surface area (Å²) in [5.41, 5.74) is 0. The van der Waals surface area contributed by atoms with Crippen molar-refractivity contribution in [2.24, 2.45) is 0 Å². The van der Waals surface area contributed by atoms with Crippen molar-refractivity contribution in [3.05, 3.63) is 0 Å². The van der Waals surface area contributed by atoms with Gasteiger partial charge in [-0.1, -0.05) is 39.5 Å². The van der Waals surface area contributed by atoms with Crippen molar-refractivity contribution in [2.75, 3.05) is 20.1 Å². The monoisotopic (exact) mass is 226 g/mol. The van der Waals surface area contributed by atoms with E-state index in [1.165, 1.54) is 51.5 Å². The molecule has 1 saturated carbocycles. The first-order valence-electron chi connectivity index (χ1n) is 7.23. The van der Waals surface area contributed by atoms with Crippen LogP contribution in [0, 0.1) is 0 Å². The molecule has 1 N–H and O–H groups in total. The fraction of sp³-hybridized carbons (Fsp3) is 1.00. The highest BCUT2D eigenvalue weighted by atomic mass is 15.2. The lowest BCUT2D eigenvalue weighted by atomic mass is 9.91. The minimum atomic E-state index is 0.724. The van der Waals surface area contributed by atoms with E-state index in [9.17, 15) is 0 Å². The predicted octanol–water partition coefficient (Wildman–Crippen LogP) is 3.03. The van der Waals surface area contributed by atoms with Gasteiger partial charge in [0.2, 0.25) is 0 Å². The van der Waals surface area contributed by atoms with Crippen LogP contribution in [-0.2, 0) is 0 Å². The van der Waals surface area contributed by atoms with Crippen molar-refractivity contribution < 1.29 is 0 Å². The first-order valence-corrected chi connectivity index (χ1v) is 7.23. The number of hydrogen-bond donors (Lipinski definition) is 1. The number of hydrogen-bond acceptors (Lipinski definition) is 2. The van der Waals surface area contributed by atoms with Crippen LogP contribution in [0.5, 0.6) is 0 Å². The molecule has 2 atom stereocenters. The Morgan fingerprint density at radius 1 is 1.06 bits per heavy atom. The van der Waals surface area contributed by atoms with Gasteiger partial charge in [0, 0.05) is 12.1 Å². The van der Waals surface area contributed by atoms with E-state index in [0.29, 0.717) is 0 Å². The minimum Gasteiger partial charge on any atom is -0.313 e. The van der Waals surface area contributed by atoms with E-state index in [1.54, 1.807) is 0 Å². The smallest absolute Gasteiger partial charge is 0.0246 e. The molecule has 96 valence electrons. The van der Waals surface area contributed by atoms with E-state index in [4.69, 9.17) is 0 Å². The molecule has 0 aromatic rings. The minimum absolute atomic E-state index is 0.724. The summed E-state index contributed by atoms with van der Waals surface area (Å²) in [5.74, 6) is 0. The molecule has 0 radical (unpaired) electrons. The molecule has 16 heavy (non-hydrogen) atoms. The largest absolute Gasteiger partial charge is 0.313 e. The second-order valence-corrected chi connectivity index (χ2v) is 5.20. The van der Waals surface area contributed by atoms with Crippen LogP contribution >= 0.6 is 0 Å². The molecule has 0 amide bonds. The van der Waals surface area contributed by atoms with Crippen molar-refractivity contribution in [1.29, 1.82) is 0 Å². The fourth-order valence-corrected chi connectivity index (χ4v) is 3.01. The molecular weight excluding hydrogens is 196 g/mol. The third-order valence-corrected chi connectivity index (χ3v) is 3.84. The van der Waals surface area contributed by atoms with E-state index in [2.05, 4.69) is 31.1 Å². The van der Waals surface area contributed by atoms with Crippen LogP contribution in [-0.4, -0.2) is 37.1 Å². The summed E-state index contributed by atoms with van der Waals surface area (Å²) in [5, 5.41) is 3.70. The lowest BCUT2D eigenvalue weighted by molar-refractivity contribution is 0.164. The summed E-state index contributed by atoms with van der Waals surface area (Å²) >= 11 is 0. The highest BCUT2D eigenvalue weighted by molar-refractivity contribution is 4.84. The Bertz CT molecular complexity index is 170. The van der Waals surface area contributed by atoms with Crippen LogP contribution in [0.25, 0.3) is 0 Å². The number of rotatable bonds is 5. The SMILES string of the molecule is CCCN(C)C1CCCCCCC1NCC. The van der Waals surface area contributed by atoms with Crippen molar-refractivity contribution in [2.45, 2.75) is 70.9 Å². The summed E-state index contributed by atoms with van der Waals surface area (Å²) in [7, 11) is 2.31. The van der Waals surface area contributed by atoms with Gasteiger partial charge in [-0.05, 0) is 39.4 Å². The van der Waals surface area contributed by atoms with Gasteiger partial charge >= 0.3 is 0 Å². The Balaban J connectivity index is 2.55. The average molecular weight is 226 g/mol. The number of nitrogens with zero attached hydrogens (tertiary/aromatic N) is 1. The van der Waals surface area contributed by atoms with E-state index in [1.807, 2.05) is 0 Å². The normalized spacial score (nSPS) is 27.8. The molecule has 0 spiro atoms. The molecule has 1 aliphatic rings. The van der Waals surface area contributed by atoms with Gasteiger partial charge in [0.1, 0.15) is 0 Å². The predicted molar refractivity (Wildman–Crippen MR) is 71.9 cm³/mol. The Labute approximate surface area is 102 Å². The quantitative estimate of drug-likeness (QED) is 0.775. The van der Waals surface area contributed by atoms with Crippen LogP contribution in [0.1, 0.15) is 58.8 Å². The van der Waals surface area contributed by atoms with Gasteiger partial charge < -0.3 is 10.2 Å². The van der Waals surface area contributed by atoms with Crippen molar-refractivity contribution in [1.82, 2.24) is 10.2 Å². The molecule has 1 rings (SSSR count). The maximum atomic E-state index is 3.70. The number of likely N-dealkylation sites (N-methyl/N-ethyl adjacent to an activating group) is 2. The summed E-state index contributed by atoms with van der Waals surface area (Å²) in [6.45, 7) is 6.87. The molecule has 0 aliphatic heterocycles. The Morgan fingerprint density at radius 2 is 1.75 bits per heavy atom. The van der Waals surface area contributed by atoms with Crippen LogP contribution in [0.15, 0.2) is 0 Å². The molecule has 0 aromatic heterocycles. The zero-order valence-electron chi connectivity index (χ0n) is 11.5. The molecule has 1 fully saturated rings. The van der Waals surface area contributed by atoms with Crippen LogP contribution in [0.3, 0.4) is 0 Å². The Hall–Kier alpha value is -0.0800. The third-order valence-electron chi connectivity index (χ3n) is 3.84. The molecular formula is C14H30N2. The summed E-state index contributed by atoms with van der Waals surface area (Å²) in [6, 6.07) is 1.49. The fourth-order valence-electron chi connectivity index (χ4n) is 3.01. The van der Waals surface area contributed by atoms with Gasteiger partial charge in [0.25, 0.3) is 0 Å². The average Bonchev–Trinajstić information content (AvgIpc) is 2.22. The second kappa shape index (κ2) is 8.08. The van der Waals surface area contributed by atoms with Crippen molar-refractivity contribution in [3.63, 3.8) is 0 Å². The van der Waals surface area contributed by atoms with Crippen LogP contribution in [0.4, 0.5) is 0 Å². The zero-order chi connectivity index (χ0) is 11.8. The standard InChI is InChI=1S/C14H30N2/c1-4-12-16(3)14-11-9-7-6-8-10-13(14)15-5-2/h13-15H,4-12H2,1-3H3. The summed E-state index contributed by atoms with van der Waals surface area (Å²) < 4.78 is 0. The van der Waals surface area contributed by atoms with Gasteiger partial charge in [0.05, 0.1) is 0 Å². The van der Waals surface area contributed by atoms with E-state index >= 15 is 0 Å². The molecule has 0 bridgehead atoms. The lowest BCUT2D eigenvalue weighted by Crippen LogP contribution is -2.49. The van der Waals surface area contributed by atoms with E-state index < -0.39 is 0 Å². The van der Waals surface area contributed by atoms with Crippen LogP contribution in [0.2, 0.25) is 0 Å². The first kappa shape index (κ1) is 14.0. The Kier molecular flexibility index (Phi) is 7.06. The summed E-state index contributed by atoms with van der Waals surface area (Å²) in [4.78, 5) is 2.58. The van der Waals surface area contributed by atoms with Crippen molar-refractivity contribution >= 4 is 0 Å². The van der Waals surface area contributed by atoms with Crippen LogP contribution < -0.4 is 5.32 Å². The van der Waals surface area contributed by atoms with Gasteiger partial charge in [-0.25, -0.2) is 0 Å². The zero-order valence-corrected chi connectivity index (χ0v) is 11.5. The molecule has 2 nitrogen and oxygen atoms in total. The Morgan fingerprint density at radius 3 is 2.38 bits per heavy atom. The van der Waals surface area contributed by atoms with Gasteiger partial charge in [0.15, 0.2) is 0 Å². The topological polar surface area (TPSA) is 15.3 Å². The summed E-state index contributed by atoms with van der Waals surface area (Å²) in [6.07, 6.45) is 9.72. The second-order valence-electron chi connectivity index (χ2n) is 5.20. The highest BCUT2D eigenvalue weighted by Gasteiger charge is 2.24. The lowest BCUT2D eigenvalue weighted by Gasteiger charge is -2.36. The molecule has 0 aromatic carbocycles. The van der Waals surface area contributed by atoms with E-state index in [-0.39, 0.29) is 0 Å². The van der Waals surface area contributed by atoms with Gasteiger partial charge in [-0.3, -0.25) is 0 Å².